The number of unbranched alkanes of at least 4 members (excludes halogenated alkanes) is 24. The Bertz CT molecular complexity index is 1090. The quantitative estimate of drug-likeness (QED) is 0.0433. The molecule has 2 aromatic carbocycles. The molecular weight excluding hydrogens is 643 g/mol. The number of hydrogen-bond donors (Lipinski definition) is 1. The molecule has 0 unspecified atom stereocenters. The summed E-state index contributed by atoms with van der Waals surface area (Å²) in [6.45, 7) is 6.15. The van der Waals surface area contributed by atoms with Crippen LogP contribution < -0.4 is 9.47 Å². The Morgan fingerprint density at radius 2 is 0.731 bits per heavy atom. The zero-order valence-electron chi connectivity index (χ0n) is 34.1. The van der Waals surface area contributed by atoms with Gasteiger partial charge in [-0.3, -0.25) is 0 Å². The summed E-state index contributed by atoms with van der Waals surface area (Å²) in [5, 5.41) is 17.9. The maximum Gasteiger partial charge on any atom is 0.119 e. The summed E-state index contributed by atoms with van der Waals surface area (Å²) >= 11 is 0. The highest BCUT2D eigenvalue weighted by atomic mass is 16.5. The molecule has 0 aliphatic carbocycles. The van der Waals surface area contributed by atoms with Crippen LogP contribution in [0.3, 0.4) is 0 Å². The standard InChI is InChI=1S/C46H80N3O3/c1-4-5-6-7-8-9-10-11-12-13-14-16-19-22-25-28-41-51-45-34-30-43(31-35-45)47-48-44-32-36-46(37-33-44)52-42-29-26-23-20-17-15-18-21-24-27-38-49(2,3)39-40-50/h30-37,50H,4-29,38-42H2,1-3H3/q+1. The van der Waals surface area contributed by atoms with Gasteiger partial charge in [-0.05, 0) is 74.2 Å². The van der Waals surface area contributed by atoms with Crippen molar-refractivity contribution < 1.29 is 19.1 Å². The molecule has 1 N–H and O–H groups in total. The molecule has 0 saturated heterocycles. The van der Waals surface area contributed by atoms with E-state index in [0.717, 1.165) is 60.0 Å². The van der Waals surface area contributed by atoms with Crippen molar-refractivity contribution in [1.82, 2.24) is 0 Å². The van der Waals surface area contributed by atoms with E-state index < -0.39 is 0 Å². The third kappa shape index (κ3) is 26.3. The van der Waals surface area contributed by atoms with Gasteiger partial charge in [0.2, 0.25) is 0 Å². The smallest absolute Gasteiger partial charge is 0.119 e. The lowest BCUT2D eigenvalue weighted by atomic mass is 10.0. The second-order valence-corrected chi connectivity index (χ2v) is 15.8. The molecule has 296 valence electrons. The minimum absolute atomic E-state index is 0.284. The van der Waals surface area contributed by atoms with Crippen LogP contribution in [0.1, 0.15) is 174 Å². The number of nitrogens with zero attached hydrogens (tertiary/aromatic N) is 3. The minimum Gasteiger partial charge on any atom is -0.494 e. The normalized spacial score (nSPS) is 11.8. The van der Waals surface area contributed by atoms with Crippen LogP contribution in [0.25, 0.3) is 0 Å². The van der Waals surface area contributed by atoms with Crippen LogP contribution in [-0.2, 0) is 0 Å². The van der Waals surface area contributed by atoms with Gasteiger partial charge < -0.3 is 19.1 Å². The van der Waals surface area contributed by atoms with E-state index in [2.05, 4.69) is 31.2 Å². The van der Waals surface area contributed by atoms with E-state index in [1.165, 1.54) is 161 Å². The summed E-state index contributed by atoms with van der Waals surface area (Å²) in [5.74, 6) is 1.79. The number of rotatable bonds is 36. The number of benzene rings is 2. The highest BCUT2D eigenvalue weighted by molar-refractivity contribution is 5.44. The Labute approximate surface area is 320 Å². The Morgan fingerprint density at radius 3 is 1.06 bits per heavy atom. The molecule has 0 aliphatic rings. The molecule has 0 bridgehead atoms. The third-order valence-corrected chi connectivity index (χ3v) is 10.4. The summed E-state index contributed by atoms with van der Waals surface area (Å²) in [7, 11) is 4.42. The van der Waals surface area contributed by atoms with Crippen molar-refractivity contribution in [3.8, 4) is 11.5 Å². The van der Waals surface area contributed by atoms with Gasteiger partial charge in [0.15, 0.2) is 0 Å². The second-order valence-electron chi connectivity index (χ2n) is 15.8. The average Bonchev–Trinajstić information content (AvgIpc) is 3.15. The van der Waals surface area contributed by atoms with Gasteiger partial charge in [-0.15, -0.1) is 0 Å². The van der Waals surface area contributed by atoms with E-state index in [4.69, 9.17) is 14.6 Å². The highest BCUT2D eigenvalue weighted by Crippen LogP contribution is 2.24. The zero-order valence-corrected chi connectivity index (χ0v) is 34.1. The molecule has 2 rings (SSSR count). The molecular formula is C46H80N3O3+. The van der Waals surface area contributed by atoms with Gasteiger partial charge in [0.25, 0.3) is 0 Å². The van der Waals surface area contributed by atoms with Crippen LogP contribution in [0.5, 0.6) is 11.5 Å². The minimum atomic E-state index is 0.284. The largest absolute Gasteiger partial charge is 0.494 e. The summed E-state index contributed by atoms with van der Waals surface area (Å²) in [6.07, 6.45) is 35.1. The fraction of sp³-hybridized carbons (Fsp3) is 0.739. The zero-order chi connectivity index (χ0) is 37.2. The van der Waals surface area contributed by atoms with E-state index in [-0.39, 0.29) is 6.61 Å². The van der Waals surface area contributed by atoms with E-state index in [0.29, 0.717) is 0 Å². The van der Waals surface area contributed by atoms with Gasteiger partial charge in [0.1, 0.15) is 18.0 Å². The molecule has 0 heterocycles. The third-order valence-electron chi connectivity index (χ3n) is 10.4. The number of likely N-dealkylation sites (N-methyl/N-ethyl adjacent to an activating group) is 1. The van der Waals surface area contributed by atoms with Crippen LogP contribution in [0.4, 0.5) is 11.4 Å². The van der Waals surface area contributed by atoms with Gasteiger partial charge in [-0.2, -0.15) is 10.2 Å². The van der Waals surface area contributed by atoms with Gasteiger partial charge in [0.05, 0.1) is 51.8 Å². The number of aliphatic hydroxyl groups excluding tert-OH is 1. The van der Waals surface area contributed by atoms with Crippen LogP contribution in [0, 0.1) is 0 Å². The molecule has 6 nitrogen and oxygen atoms in total. The van der Waals surface area contributed by atoms with Crippen molar-refractivity contribution >= 4 is 11.4 Å². The van der Waals surface area contributed by atoms with Gasteiger partial charge >= 0.3 is 0 Å². The predicted molar refractivity (Wildman–Crippen MR) is 223 cm³/mol. The molecule has 0 spiro atoms. The Hall–Kier alpha value is -2.44. The first-order chi connectivity index (χ1) is 25.5. The summed E-state index contributed by atoms with van der Waals surface area (Å²) in [5.41, 5.74) is 1.64. The number of hydrogen-bond acceptors (Lipinski definition) is 5. The first-order valence-electron chi connectivity index (χ1n) is 21.8. The van der Waals surface area contributed by atoms with Gasteiger partial charge in [-0.25, -0.2) is 0 Å². The molecule has 2 aromatic rings. The average molecular weight is 723 g/mol. The van der Waals surface area contributed by atoms with Crippen LogP contribution in [-0.4, -0.2) is 56.6 Å². The summed E-state index contributed by atoms with van der Waals surface area (Å²) < 4.78 is 12.9. The molecule has 0 fully saturated rings. The molecule has 52 heavy (non-hydrogen) atoms. The van der Waals surface area contributed by atoms with Crippen LogP contribution >= 0.6 is 0 Å². The molecule has 6 heteroatoms. The Morgan fingerprint density at radius 1 is 0.423 bits per heavy atom. The van der Waals surface area contributed by atoms with Gasteiger partial charge in [-0.1, -0.05) is 148 Å². The monoisotopic (exact) mass is 723 g/mol. The maximum atomic E-state index is 9.14. The summed E-state index contributed by atoms with van der Waals surface area (Å²) in [4.78, 5) is 0. The van der Waals surface area contributed by atoms with Crippen molar-refractivity contribution in [3.63, 3.8) is 0 Å². The number of quaternary nitrogens is 1. The number of aliphatic hydroxyl groups is 1. The van der Waals surface area contributed by atoms with Crippen molar-refractivity contribution in [2.75, 3.05) is 47.0 Å². The SMILES string of the molecule is CCCCCCCCCCCCCCCCCCOc1ccc(N=Nc2ccc(OCCCCCCCCCCCC[N+](C)(C)CCO)cc2)cc1. The molecule has 0 atom stereocenters. The topological polar surface area (TPSA) is 63.4 Å². The Balaban J connectivity index is 1.40. The molecule has 0 aliphatic heterocycles. The fourth-order valence-corrected chi connectivity index (χ4v) is 6.80. The highest BCUT2D eigenvalue weighted by Gasteiger charge is 2.12. The Kier molecular flexibility index (Phi) is 28.2. The lowest BCUT2D eigenvalue weighted by molar-refractivity contribution is -0.890. The van der Waals surface area contributed by atoms with E-state index >= 15 is 0 Å². The predicted octanol–water partition coefficient (Wildman–Crippen LogP) is 14.1. The van der Waals surface area contributed by atoms with Crippen LogP contribution in [0.15, 0.2) is 58.8 Å². The molecule has 0 aromatic heterocycles. The lowest BCUT2D eigenvalue weighted by Gasteiger charge is -2.28. The van der Waals surface area contributed by atoms with E-state index in [9.17, 15) is 0 Å². The van der Waals surface area contributed by atoms with Gasteiger partial charge in [0, 0.05) is 0 Å². The maximum absolute atomic E-state index is 9.14. The first kappa shape index (κ1) is 45.7. The number of ether oxygens (including phenoxy) is 2. The van der Waals surface area contributed by atoms with Crippen LogP contribution in [0.2, 0.25) is 0 Å². The van der Waals surface area contributed by atoms with Crippen molar-refractivity contribution in [1.29, 1.82) is 0 Å². The van der Waals surface area contributed by atoms with E-state index in [1.807, 2.05) is 48.5 Å². The molecule has 0 saturated carbocycles. The lowest BCUT2D eigenvalue weighted by Crippen LogP contribution is -2.42. The fourth-order valence-electron chi connectivity index (χ4n) is 6.80. The molecule has 0 radical (unpaired) electrons. The van der Waals surface area contributed by atoms with Crippen molar-refractivity contribution in [3.05, 3.63) is 48.5 Å². The number of azo groups is 1. The van der Waals surface area contributed by atoms with Crippen molar-refractivity contribution in [2.24, 2.45) is 10.2 Å². The second kappa shape index (κ2) is 32.0. The summed E-state index contributed by atoms with van der Waals surface area (Å²) in [6, 6.07) is 15.8. The van der Waals surface area contributed by atoms with Crippen molar-refractivity contribution in [2.45, 2.75) is 174 Å². The molecule has 0 amide bonds. The van der Waals surface area contributed by atoms with E-state index in [1.54, 1.807) is 0 Å². The first-order valence-corrected chi connectivity index (χ1v) is 21.8.